The molecular weight excluding hydrogens is 244 g/mol. The third-order valence-electron chi connectivity index (χ3n) is 2.66. The van der Waals surface area contributed by atoms with Gasteiger partial charge < -0.3 is 5.32 Å². The highest BCUT2D eigenvalue weighted by molar-refractivity contribution is 5.48. The largest absolute Gasteiger partial charge is 0.364 e. The van der Waals surface area contributed by atoms with Crippen molar-refractivity contribution in [2.24, 2.45) is 0 Å². The summed E-state index contributed by atoms with van der Waals surface area (Å²) in [5.74, 6) is 0.633. The van der Waals surface area contributed by atoms with E-state index in [1.54, 1.807) is 6.92 Å². The standard InChI is InChI=1S/C13H14N4O2/c1-9-6-12(17(18)19)8-15-13(9)14-7-11-5-3-4-10(2)16-11/h3-6,8H,7H2,1-2H3,(H,14,15). The molecule has 0 bridgehead atoms. The first-order chi connectivity index (χ1) is 9.06. The fourth-order valence-electron chi connectivity index (χ4n) is 1.72. The Morgan fingerprint density at radius 2 is 2.16 bits per heavy atom. The number of nitrogens with zero attached hydrogens (tertiary/aromatic N) is 3. The maximum absolute atomic E-state index is 10.6. The lowest BCUT2D eigenvalue weighted by Crippen LogP contribution is -2.05. The first-order valence-corrected chi connectivity index (χ1v) is 5.83. The van der Waals surface area contributed by atoms with Crippen molar-refractivity contribution in [3.8, 4) is 0 Å². The minimum atomic E-state index is -0.452. The van der Waals surface area contributed by atoms with Crippen molar-refractivity contribution < 1.29 is 4.92 Å². The van der Waals surface area contributed by atoms with E-state index in [1.165, 1.54) is 12.3 Å². The zero-order valence-corrected chi connectivity index (χ0v) is 10.8. The van der Waals surface area contributed by atoms with Crippen LogP contribution in [-0.2, 0) is 6.54 Å². The van der Waals surface area contributed by atoms with E-state index < -0.39 is 4.92 Å². The van der Waals surface area contributed by atoms with Crippen LogP contribution in [0.5, 0.6) is 0 Å². The van der Waals surface area contributed by atoms with Crippen LogP contribution in [0.4, 0.5) is 11.5 Å². The second-order valence-electron chi connectivity index (χ2n) is 4.24. The maximum Gasteiger partial charge on any atom is 0.287 e. The number of anilines is 1. The van der Waals surface area contributed by atoms with Gasteiger partial charge >= 0.3 is 0 Å². The third-order valence-corrected chi connectivity index (χ3v) is 2.66. The molecule has 2 aromatic rings. The SMILES string of the molecule is Cc1cccc(CNc2ncc([N+](=O)[O-])cc2C)n1. The molecule has 0 aliphatic rings. The molecule has 0 aliphatic carbocycles. The number of hydrogen-bond donors (Lipinski definition) is 1. The number of aryl methyl sites for hydroxylation is 2. The van der Waals surface area contributed by atoms with Crippen LogP contribution in [0.25, 0.3) is 0 Å². The van der Waals surface area contributed by atoms with Gasteiger partial charge in [0.05, 0.1) is 17.2 Å². The molecule has 0 aliphatic heterocycles. The lowest BCUT2D eigenvalue weighted by Gasteiger charge is -2.08. The summed E-state index contributed by atoms with van der Waals surface area (Å²) >= 11 is 0. The molecule has 2 heterocycles. The molecule has 19 heavy (non-hydrogen) atoms. The summed E-state index contributed by atoms with van der Waals surface area (Å²) in [7, 11) is 0. The monoisotopic (exact) mass is 258 g/mol. The van der Waals surface area contributed by atoms with Crippen molar-refractivity contribution in [2.45, 2.75) is 20.4 Å². The smallest absolute Gasteiger partial charge is 0.287 e. The highest BCUT2D eigenvalue weighted by Crippen LogP contribution is 2.18. The highest BCUT2D eigenvalue weighted by Gasteiger charge is 2.09. The average Bonchev–Trinajstić information content (AvgIpc) is 2.37. The van der Waals surface area contributed by atoms with Gasteiger partial charge in [-0.25, -0.2) is 4.98 Å². The quantitative estimate of drug-likeness (QED) is 0.673. The van der Waals surface area contributed by atoms with E-state index in [0.29, 0.717) is 12.4 Å². The Bertz CT molecular complexity index is 613. The van der Waals surface area contributed by atoms with E-state index >= 15 is 0 Å². The summed E-state index contributed by atoms with van der Waals surface area (Å²) < 4.78 is 0. The molecule has 0 atom stereocenters. The van der Waals surface area contributed by atoms with Crippen molar-refractivity contribution in [1.82, 2.24) is 9.97 Å². The molecule has 0 unspecified atom stereocenters. The van der Waals surface area contributed by atoms with Gasteiger partial charge in [-0.15, -0.1) is 0 Å². The number of aromatic nitrogens is 2. The Hall–Kier alpha value is -2.50. The van der Waals surface area contributed by atoms with Crippen LogP contribution in [0.3, 0.4) is 0 Å². The Kier molecular flexibility index (Phi) is 3.70. The van der Waals surface area contributed by atoms with Gasteiger partial charge in [-0.3, -0.25) is 15.1 Å². The molecule has 0 saturated heterocycles. The lowest BCUT2D eigenvalue weighted by molar-refractivity contribution is -0.385. The number of nitro groups is 1. The van der Waals surface area contributed by atoms with Crippen molar-refractivity contribution in [1.29, 1.82) is 0 Å². The van der Waals surface area contributed by atoms with Crippen molar-refractivity contribution >= 4 is 11.5 Å². The minimum Gasteiger partial charge on any atom is -0.364 e. The van der Waals surface area contributed by atoms with Crippen molar-refractivity contribution in [3.63, 3.8) is 0 Å². The molecule has 6 heteroatoms. The van der Waals surface area contributed by atoms with Crippen LogP contribution in [-0.4, -0.2) is 14.9 Å². The topological polar surface area (TPSA) is 81.0 Å². The predicted molar refractivity (Wildman–Crippen MR) is 71.9 cm³/mol. The Morgan fingerprint density at radius 1 is 1.37 bits per heavy atom. The Balaban J connectivity index is 2.10. The molecular formula is C13H14N4O2. The zero-order valence-electron chi connectivity index (χ0n) is 10.8. The van der Waals surface area contributed by atoms with Crippen LogP contribution in [0.1, 0.15) is 17.0 Å². The normalized spacial score (nSPS) is 10.2. The molecule has 1 N–H and O–H groups in total. The summed E-state index contributed by atoms with van der Waals surface area (Å²) in [5.41, 5.74) is 2.59. The van der Waals surface area contributed by atoms with Crippen LogP contribution < -0.4 is 5.32 Å². The van der Waals surface area contributed by atoms with Gasteiger partial charge in [0.25, 0.3) is 5.69 Å². The van der Waals surface area contributed by atoms with Gasteiger partial charge in [-0.1, -0.05) is 6.07 Å². The summed E-state index contributed by atoms with van der Waals surface area (Å²) in [6, 6.07) is 7.29. The highest BCUT2D eigenvalue weighted by atomic mass is 16.6. The maximum atomic E-state index is 10.6. The molecule has 2 rings (SSSR count). The Labute approximate surface area is 110 Å². The first kappa shape index (κ1) is 12.9. The van der Waals surface area contributed by atoms with Crippen molar-refractivity contribution in [3.05, 3.63) is 57.5 Å². The first-order valence-electron chi connectivity index (χ1n) is 5.83. The van der Waals surface area contributed by atoms with Crippen LogP contribution in [0, 0.1) is 24.0 Å². The molecule has 6 nitrogen and oxygen atoms in total. The summed E-state index contributed by atoms with van der Waals surface area (Å²) in [6.45, 7) is 4.25. The van der Waals surface area contributed by atoms with Gasteiger partial charge in [0, 0.05) is 11.8 Å². The Morgan fingerprint density at radius 3 is 2.79 bits per heavy atom. The summed E-state index contributed by atoms with van der Waals surface area (Å²) in [6.07, 6.45) is 1.25. The molecule has 2 aromatic heterocycles. The minimum absolute atomic E-state index is 0.00303. The van der Waals surface area contributed by atoms with Crippen LogP contribution in [0.2, 0.25) is 0 Å². The van der Waals surface area contributed by atoms with E-state index in [4.69, 9.17) is 0 Å². The molecule has 0 amide bonds. The predicted octanol–water partition coefficient (Wildman–Crippen LogP) is 2.61. The van der Waals surface area contributed by atoms with E-state index in [-0.39, 0.29) is 5.69 Å². The third kappa shape index (κ3) is 3.25. The summed E-state index contributed by atoms with van der Waals surface area (Å²) in [4.78, 5) is 18.6. The lowest BCUT2D eigenvalue weighted by atomic mass is 10.2. The van der Waals surface area contributed by atoms with Crippen LogP contribution >= 0.6 is 0 Å². The van der Waals surface area contributed by atoms with Gasteiger partial charge in [0.15, 0.2) is 0 Å². The van der Waals surface area contributed by atoms with Gasteiger partial charge in [-0.2, -0.15) is 0 Å². The number of rotatable bonds is 4. The van der Waals surface area contributed by atoms with Crippen molar-refractivity contribution in [2.75, 3.05) is 5.32 Å². The molecule has 0 radical (unpaired) electrons. The average molecular weight is 258 g/mol. The van der Waals surface area contributed by atoms with Gasteiger partial charge in [0.2, 0.25) is 0 Å². The number of hydrogen-bond acceptors (Lipinski definition) is 5. The van der Waals surface area contributed by atoms with Gasteiger partial charge in [0.1, 0.15) is 12.0 Å². The molecule has 0 fully saturated rings. The van der Waals surface area contributed by atoms with E-state index in [0.717, 1.165) is 17.0 Å². The van der Waals surface area contributed by atoms with E-state index in [9.17, 15) is 10.1 Å². The fraction of sp³-hybridized carbons (Fsp3) is 0.231. The van der Waals surface area contributed by atoms with E-state index in [1.807, 2.05) is 25.1 Å². The molecule has 0 spiro atoms. The van der Waals surface area contributed by atoms with Gasteiger partial charge in [-0.05, 0) is 31.5 Å². The molecule has 0 saturated carbocycles. The second kappa shape index (κ2) is 5.43. The van der Waals surface area contributed by atoms with Crippen LogP contribution in [0.15, 0.2) is 30.5 Å². The zero-order chi connectivity index (χ0) is 13.8. The fourth-order valence-corrected chi connectivity index (χ4v) is 1.72. The number of nitrogens with one attached hydrogen (secondary N) is 1. The van der Waals surface area contributed by atoms with E-state index in [2.05, 4.69) is 15.3 Å². The number of pyridine rings is 2. The summed E-state index contributed by atoms with van der Waals surface area (Å²) in [5, 5.41) is 13.7. The molecule has 0 aromatic carbocycles. The second-order valence-corrected chi connectivity index (χ2v) is 4.24. The molecule has 98 valence electrons.